The Hall–Kier alpha value is -1.77. The molecule has 1 amide bonds. The van der Waals surface area contributed by atoms with Crippen LogP contribution >= 0.6 is 0 Å². The van der Waals surface area contributed by atoms with E-state index in [2.05, 4.69) is 26.8 Å². The SMILES string of the molecule is Cc1cc(C)c2c(CC(=O)N3CCCCC3)coc2c1C. The molecule has 3 rings (SSSR count). The summed E-state index contributed by atoms with van der Waals surface area (Å²) >= 11 is 0. The number of amides is 1. The molecule has 3 nitrogen and oxygen atoms in total. The van der Waals surface area contributed by atoms with E-state index in [-0.39, 0.29) is 5.91 Å². The zero-order valence-corrected chi connectivity index (χ0v) is 13.2. The fourth-order valence-corrected chi connectivity index (χ4v) is 3.33. The number of rotatable bonds is 2. The molecule has 1 aromatic carbocycles. The molecule has 0 N–H and O–H groups in total. The van der Waals surface area contributed by atoms with Crippen LogP contribution in [0.2, 0.25) is 0 Å². The van der Waals surface area contributed by atoms with E-state index >= 15 is 0 Å². The summed E-state index contributed by atoms with van der Waals surface area (Å²) in [4.78, 5) is 14.5. The minimum Gasteiger partial charge on any atom is -0.464 e. The van der Waals surface area contributed by atoms with Gasteiger partial charge in [-0.25, -0.2) is 0 Å². The van der Waals surface area contributed by atoms with E-state index in [0.29, 0.717) is 6.42 Å². The number of piperidine rings is 1. The van der Waals surface area contributed by atoms with Gasteiger partial charge in [-0.3, -0.25) is 4.79 Å². The molecule has 0 unspecified atom stereocenters. The van der Waals surface area contributed by atoms with Crippen molar-refractivity contribution < 1.29 is 9.21 Å². The van der Waals surface area contributed by atoms with E-state index in [1.807, 2.05) is 4.90 Å². The fourth-order valence-electron chi connectivity index (χ4n) is 3.33. The highest BCUT2D eigenvalue weighted by molar-refractivity contribution is 5.91. The Morgan fingerprint density at radius 2 is 1.86 bits per heavy atom. The summed E-state index contributed by atoms with van der Waals surface area (Å²) in [7, 11) is 0. The molecule has 1 aliphatic heterocycles. The van der Waals surface area contributed by atoms with Crippen LogP contribution in [0.4, 0.5) is 0 Å². The van der Waals surface area contributed by atoms with E-state index in [9.17, 15) is 4.79 Å². The monoisotopic (exact) mass is 285 g/mol. The largest absolute Gasteiger partial charge is 0.464 e. The molecule has 0 spiro atoms. The van der Waals surface area contributed by atoms with Gasteiger partial charge in [-0.1, -0.05) is 6.07 Å². The van der Waals surface area contributed by atoms with Crippen LogP contribution in [0.25, 0.3) is 11.0 Å². The molecule has 2 aromatic rings. The number of fused-ring (bicyclic) bond motifs is 1. The van der Waals surface area contributed by atoms with E-state index < -0.39 is 0 Å². The lowest BCUT2D eigenvalue weighted by Gasteiger charge is -2.26. The number of aryl methyl sites for hydroxylation is 3. The van der Waals surface area contributed by atoms with Gasteiger partial charge < -0.3 is 9.32 Å². The standard InChI is InChI=1S/C18H23NO2/c1-12-9-13(2)17-15(11-21-18(17)14(12)3)10-16(20)19-7-5-4-6-8-19/h9,11H,4-8,10H2,1-3H3. The van der Waals surface area contributed by atoms with Crippen molar-refractivity contribution in [1.29, 1.82) is 0 Å². The summed E-state index contributed by atoms with van der Waals surface area (Å²) in [6.07, 6.45) is 5.74. The molecule has 0 aliphatic carbocycles. The number of furan rings is 1. The third-order valence-corrected chi connectivity index (χ3v) is 4.68. The minimum absolute atomic E-state index is 0.232. The lowest BCUT2D eigenvalue weighted by Crippen LogP contribution is -2.36. The van der Waals surface area contributed by atoms with Gasteiger partial charge in [-0.2, -0.15) is 0 Å². The molecule has 2 heterocycles. The Morgan fingerprint density at radius 3 is 2.57 bits per heavy atom. The van der Waals surface area contributed by atoms with Crippen LogP contribution in [-0.2, 0) is 11.2 Å². The molecule has 112 valence electrons. The first kappa shape index (κ1) is 14.2. The zero-order valence-electron chi connectivity index (χ0n) is 13.2. The molecular weight excluding hydrogens is 262 g/mol. The second-order valence-corrected chi connectivity index (χ2v) is 6.22. The lowest BCUT2D eigenvalue weighted by atomic mass is 9.98. The summed E-state index contributed by atoms with van der Waals surface area (Å²) in [6, 6.07) is 2.18. The molecule has 21 heavy (non-hydrogen) atoms. The van der Waals surface area contributed by atoms with E-state index in [0.717, 1.165) is 42.5 Å². The van der Waals surface area contributed by atoms with Gasteiger partial charge in [0.05, 0.1) is 12.7 Å². The average Bonchev–Trinajstić information content (AvgIpc) is 2.90. The van der Waals surface area contributed by atoms with Crippen LogP contribution in [0.15, 0.2) is 16.7 Å². The summed E-state index contributed by atoms with van der Waals surface area (Å²) in [5.41, 5.74) is 5.58. The molecule has 1 fully saturated rings. The van der Waals surface area contributed by atoms with Gasteiger partial charge in [0.25, 0.3) is 0 Å². The highest BCUT2D eigenvalue weighted by atomic mass is 16.3. The van der Waals surface area contributed by atoms with Crippen molar-refractivity contribution in [3.05, 3.63) is 34.6 Å². The van der Waals surface area contributed by atoms with E-state index in [1.165, 1.54) is 23.1 Å². The Kier molecular flexibility index (Phi) is 3.75. The van der Waals surface area contributed by atoms with Crippen LogP contribution < -0.4 is 0 Å². The Balaban J connectivity index is 1.91. The number of hydrogen-bond donors (Lipinski definition) is 0. The second kappa shape index (κ2) is 5.55. The predicted molar refractivity (Wildman–Crippen MR) is 84.6 cm³/mol. The average molecular weight is 285 g/mol. The van der Waals surface area contributed by atoms with Crippen molar-refractivity contribution in [2.45, 2.75) is 46.5 Å². The molecule has 0 atom stereocenters. The smallest absolute Gasteiger partial charge is 0.227 e. The highest BCUT2D eigenvalue weighted by Crippen LogP contribution is 2.30. The van der Waals surface area contributed by atoms with Gasteiger partial charge in [0.1, 0.15) is 5.58 Å². The zero-order chi connectivity index (χ0) is 15.0. The minimum atomic E-state index is 0.232. The van der Waals surface area contributed by atoms with Gasteiger partial charge in [0.2, 0.25) is 5.91 Å². The summed E-state index contributed by atoms with van der Waals surface area (Å²) < 4.78 is 5.76. The van der Waals surface area contributed by atoms with Gasteiger partial charge in [-0.05, 0) is 56.7 Å². The van der Waals surface area contributed by atoms with Crippen molar-refractivity contribution in [3.8, 4) is 0 Å². The first-order valence-corrected chi connectivity index (χ1v) is 7.82. The Bertz CT molecular complexity index is 678. The topological polar surface area (TPSA) is 33.5 Å². The van der Waals surface area contributed by atoms with Crippen molar-refractivity contribution in [3.63, 3.8) is 0 Å². The number of likely N-dealkylation sites (tertiary alicyclic amines) is 1. The van der Waals surface area contributed by atoms with Crippen LogP contribution in [-0.4, -0.2) is 23.9 Å². The maximum absolute atomic E-state index is 12.5. The number of carbonyl (C=O) groups is 1. The Labute approximate surface area is 125 Å². The maximum atomic E-state index is 12.5. The first-order chi connectivity index (χ1) is 10.1. The molecule has 1 aliphatic rings. The van der Waals surface area contributed by atoms with Gasteiger partial charge in [-0.15, -0.1) is 0 Å². The van der Waals surface area contributed by atoms with Crippen LogP contribution in [0.3, 0.4) is 0 Å². The quantitative estimate of drug-likeness (QED) is 0.838. The van der Waals surface area contributed by atoms with Crippen LogP contribution in [0.1, 0.15) is 41.5 Å². The van der Waals surface area contributed by atoms with Gasteiger partial charge >= 0.3 is 0 Å². The number of nitrogens with zero attached hydrogens (tertiary/aromatic N) is 1. The molecular formula is C18H23NO2. The van der Waals surface area contributed by atoms with Crippen molar-refractivity contribution in [1.82, 2.24) is 4.90 Å². The molecule has 3 heteroatoms. The third-order valence-electron chi connectivity index (χ3n) is 4.68. The third kappa shape index (κ3) is 2.57. The predicted octanol–water partition coefficient (Wildman–Crippen LogP) is 3.91. The fraction of sp³-hybridized carbons (Fsp3) is 0.500. The van der Waals surface area contributed by atoms with E-state index in [1.54, 1.807) is 6.26 Å². The van der Waals surface area contributed by atoms with Crippen LogP contribution in [0, 0.1) is 20.8 Å². The number of hydrogen-bond acceptors (Lipinski definition) is 2. The molecule has 0 saturated carbocycles. The first-order valence-electron chi connectivity index (χ1n) is 7.82. The van der Waals surface area contributed by atoms with Gasteiger partial charge in [0.15, 0.2) is 0 Å². The maximum Gasteiger partial charge on any atom is 0.227 e. The van der Waals surface area contributed by atoms with Gasteiger partial charge in [0, 0.05) is 24.0 Å². The highest BCUT2D eigenvalue weighted by Gasteiger charge is 2.20. The molecule has 0 radical (unpaired) electrons. The molecule has 0 bridgehead atoms. The second-order valence-electron chi connectivity index (χ2n) is 6.22. The summed E-state index contributed by atoms with van der Waals surface area (Å²) in [6.45, 7) is 8.09. The number of benzene rings is 1. The molecule has 1 aromatic heterocycles. The summed E-state index contributed by atoms with van der Waals surface area (Å²) in [5.74, 6) is 0.232. The van der Waals surface area contributed by atoms with E-state index in [4.69, 9.17) is 4.42 Å². The Morgan fingerprint density at radius 1 is 1.14 bits per heavy atom. The molecule has 1 saturated heterocycles. The van der Waals surface area contributed by atoms with Crippen molar-refractivity contribution in [2.75, 3.05) is 13.1 Å². The summed E-state index contributed by atoms with van der Waals surface area (Å²) in [5, 5.41) is 1.13. The van der Waals surface area contributed by atoms with Crippen molar-refractivity contribution >= 4 is 16.9 Å². The van der Waals surface area contributed by atoms with Crippen molar-refractivity contribution in [2.24, 2.45) is 0 Å². The normalized spacial score (nSPS) is 15.7. The van der Waals surface area contributed by atoms with Crippen LogP contribution in [0.5, 0.6) is 0 Å². The number of carbonyl (C=O) groups excluding carboxylic acids is 1. The lowest BCUT2D eigenvalue weighted by molar-refractivity contribution is -0.131.